The quantitative estimate of drug-likeness (QED) is 0.850. The molecule has 0 fully saturated rings. The van der Waals surface area contributed by atoms with Crippen molar-refractivity contribution >= 4 is 17.5 Å². The zero-order chi connectivity index (χ0) is 17.1. The molecule has 1 aliphatic heterocycles. The van der Waals surface area contributed by atoms with Gasteiger partial charge in [0.2, 0.25) is 0 Å². The van der Waals surface area contributed by atoms with Gasteiger partial charge in [0.1, 0.15) is 5.75 Å². The molecule has 0 bridgehead atoms. The summed E-state index contributed by atoms with van der Waals surface area (Å²) in [7, 11) is 3.31. The number of hydrogen-bond acceptors (Lipinski definition) is 3. The third-order valence-corrected chi connectivity index (χ3v) is 4.49. The highest BCUT2D eigenvalue weighted by molar-refractivity contribution is 6.31. The van der Waals surface area contributed by atoms with E-state index in [4.69, 9.17) is 21.1 Å². The molecule has 0 saturated heterocycles. The standard InChI is InChI=1S/C19H20ClNO3/c1-21(19(22)17-10-15(20)7-8-18(17)23-2)11-16-9-13-5-3-4-6-14(13)12-24-16/h3-8,10,16H,9,11-12H2,1-2H3. The molecule has 0 spiro atoms. The van der Waals surface area contributed by atoms with E-state index in [1.54, 1.807) is 37.3 Å². The SMILES string of the molecule is COc1ccc(Cl)cc1C(=O)N(C)CC1Cc2ccccc2CO1. The molecule has 3 rings (SSSR count). The van der Waals surface area contributed by atoms with E-state index >= 15 is 0 Å². The lowest BCUT2D eigenvalue weighted by Gasteiger charge is -2.29. The van der Waals surface area contributed by atoms with Crippen LogP contribution in [0, 0.1) is 0 Å². The molecule has 1 heterocycles. The molecule has 2 aromatic rings. The number of hydrogen-bond donors (Lipinski definition) is 0. The zero-order valence-corrected chi connectivity index (χ0v) is 14.5. The first-order valence-electron chi connectivity index (χ1n) is 7.86. The maximum Gasteiger partial charge on any atom is 0.257 e. The lowest BCUT2D eigenvalue weighted by atomic mass is 9.99. The van der Waals surface area contributed by atoms with Crippen molar-refractivity contribution in [2.24, 2.45) is 0 Å². The molecule has 24 heavy (non-hydrogen) atoms. The van der Waals surface area contributed by atoms with Gasteiger partial charge in [-0.3, -0.25) is 4.79 Å². The number of carbonyl (C=O) groups excluding carboxylic acids is 1. The summed E-state index contributed by atoms with van der Waals surface area (Å²) in [5.74, 6) is 0.392. The molecule has 0 saturated carbocycles. The number of nitrogens with zero attached hydrogens (tertiary/aromatic N) is 1. The minimum Gasteiger partial charge on any atom is -0.496 e. The highest BCUT2D eigenvalue weighted by Crippen LogP contribution is 2.25. The average Bonchev–Trinajstić information content (AvgIpc) is 2.61. The Balaban J connectivity index is 1.70. The van der Waals surface area contributed by atoms with E-state index in [0.717, 1.165) is 6.42 Å². The summed E-state index contributed by atoms with van der Waals surface area (Å²) in [6.45, 7) is 1.10. The van der Waals surface area contributed by atoms with Gasteiger partial charge in [0.25, 0.3) is 5.91 Å². The van der Waals surface area contributed by atoms with E-state index in [2.05, 4.69) is 12.1 Å². The Labute approximate surface area is 146 Å². The van der Waals surface area contributed by atoms with Crippen molar-refractivity contribution in [3.8, 4) is 5.75 Å². The van der Waals surface area contributed by atoms with Gasteiger partial charge in [-0.15, -0.1) is 0 Å². The fourth-order valence-corrected chi connectivity index (χ4v) is 3.14. The van der Waals surface area contributed by atoms with E-state index in [-0.39, 0.29) is 12.0 Å². The van der Waals surface area contributed by atoms with Gasteiger partial charge in [0.05, 0.1) is 25.4 Å². The summed E-state index contributed by atoms with van der Waals surface area (Å²) in [6, 6.07) is 13.3. The second-order valence-corrected chi connectivity index (χ2v) is 6.37. The normalized spacial score (nSPS) is 16.4. The summed E-state index contributed by atoms with van der Waals surface area (Å²) in [4.78, 5) is 14.4. The Hall–Kier alpha value is -2.04. The molecular formula is C19H20ClNO3. The first-order valence-corrected chi connectivity index (χ1v) is 8.23. The number of amides is 1. The number of fused-ring (bicyclic) bond motifs is 1. The Morgan fingerprint density at radius 2 is 2.04 bits per heavy atom. The van der Waals surface area contributed by atoms with Crippen LogP contribution in [-0.2, 0) is 17.8 Å². The van der Waals surface area contributed by atoms with Gasteiger partial charge >= 0.3 is 0 Å². The number of ether oxygens (including phenoxy) is 2. The average molecular weight is 346 g/mol. The molecule has 1 atom stereocenters. The third-order valence-electron chi connectivity index (χ3n) is 4.26. The van der Waals surface area contributed by atoms with Crippen LogP contribution in [0.1, 0.15) is 21.5 Å². The van der Waals surface area contributed by atoms with E-state index in [1.165, 1.54) is 11.1 Å². The number of methoxy groups -OCH3 is 1. The van der Waals surface area contributed by atoms with Crippen LogP contribution in [0.3, 0.4) is 0 Å². The Morgan fingerprint density at radius 3 is 2.79 bits per heavy atom. The monoisotopic (exact) mass is 345 g/mol. The molecule has 1 aliphatic rings. The summed E-state index contributed by atoms with van der Waals surface area (Å²) >= 11 is 6.02. The molecule has 0 radical (unpaired) electrons. The van der Waals surface area contributed by atoms with E-state index < -0.39 is 0 Å². The fourth-order valence-electron chi connectivity index (χ4n) is 2.97. The van der Waals surface area contributed by atoms with Crippen molar-refractivity contribution in [2.75, 3.05) is 20.7 Å². The minimum absolute atomic E-state index is 0.0148. The second kappa shape index (κ2) is 7.24. The summed E-state index contributed by atoms with van der Waals surface area (Å²) < 4.78 is 11.2. The predicted molar refractivity (Wildman–Crippen MR) is 93.7 cm³/mol. The van der Waals surface area contributed by atoms with Gasteiger partial charge in [0.15, 0.2) is 0 Å². The molecule has 0 N–H and O–H groups in total. The molecule has 1 amide bonds. The van der Waals surface area contributed by atoms with Crippen LogP contribution in [0.4, 0.5) is 0 Å². The van der Waals surface area contributed by atoms with Crippen LogP contribution in [0.25, 0.3) is 0 Å². The largest absolute Gasteiger partial charge is 0.496 e. The lowest BCUT2D eigenvalue weighted by Crippen LogP contribution is -2.38. The van der Waals surface area contributed by atoms with Gasteiger partial charge in [-0.05, 0) is 29.3 Å². The van der Waals surface area contributed by atoms with E-state index in [1.807, 2.05) is 12.1 Å². The molecule has 0 aromatic heterocycles. The molecule has 2 aromatic carbocycles. The number of carbonyl (C=O) groups is 1. The summed E-state index contributed by atoms with van der Waals surface area (Å²) in [5.41, 5.74) is 2.97. The van der Waals surface area contributed by atoms with Crippen molar-refractivity contribution in [3.63, 3.8) is 0 Å². The number of rotatable bonds is 4. The smallest absolute Gasteiger partial charge is 0.257 e. The van der Waals surface area contributed by atoms with E-state index in [9.17, 15) is 4.79 Å². The van der Waals surface area contributed by atoms with Gasteiger partial charge in [-0.1, -0.05) is 35.9 Å². The van der Waals surface area contributed by atoms with Crippen molar-refractivity contribution in [1.82, 2.24) is 4.90 Å². The molecule has 1 unspecified atom stereocenters. The topological polar surface area (TPSA) is 38.8 Å². The molecule has 4 nitrogen and oxygen atoms in total. The van der Waals surface area contributed by atoms with Crippen LogP contribution in [0.2, 0.25) is 5.02 Å². The van der Waals surface area contributed by atoms with Gasteiger partial charge in [-0.2, -0.15) is 0 Å². The summed E-state index contributed by atoms with van der Waals surface area (Å²) in [6.07, 6.45) is 0.791. The third kappa shape index (κ3) is 3.55. The molecule has 5 heteroatoms. The van der Waals surface area contributed by atoms with Crippen LogP contribution in [0.5, 0.6) is 5.75 Å². The van der Waals surface area contributed by atoms with Crippen molar-refractivity contribution in [3.05, 3.63) is 64.2 Å². The predicted octanol–water partition coefficient (Wildman–Crippen LogP) is 3.56. The Bertz CT molecular complexity index is 747. The molecule has 126 valence electrons. The van der Waals surface area contributed by atoms with Crippen molar-refractivity contribution in [2.45, 2.75) is 19.1 Å². The van der Waals surface area contributed by atoms with Gasteiger partial charge < -0.3 is 14.4 Å². The Morgan fingerprint density at radius 1 is 1.29 bits per heavy atom. The van der Waals surface area contributed by atoms with Crippen LogP contribution >= 0.6 is 11.6 Å². The van der Waals surface area contributed by atoms with Crippen LogP contribution < -0.4 is 4.74 Å². The minimum atomic E-state index is -0.128. The zero-order valence-electron chi connectivity index (χ0n) is 13.8. The van der Waals surface area contributed by atoms with Crippen molar-refractivity contribution < 1.29 is 14.3 Å². The number of benzene rings is 2. The van der Waals surface area contributed by atoms with Gasteiger partial charge in [-0.25, -0.2) is 0 Å². The number of halogens is 1. The van der Waals surface area contributed by atoms with E-state index in [0.29, 0.717) is 29.5 Å². The van der Waals surface area contributed by atoms with Crippen LogP contribution in [-0.4, -0.2) is 37.6 Å². The van der Waals surface area contributed by atoms with Crippen molar-refractivity contribution in [1.29, 1.82) is 0 Å². The highest BCUT2D eigenvalue weighted by atomic mass is 35.5. The van der Waals surface area contributed by atoms with Crippen LogP contribution in [0.15, 0.2) is 42.5 Å². The maximum atomic E-state index is 12.7. The lowest BCUT2D eigenvalue weighted by molar-refractivity contribution is 0.00978. The highest BCUT2D eigenvalue weighted by Gasteiger charge is 2.24. The van der Waals surface area contributed by atoms with Gasteiger partial charge in [0, 0.05) is 25.0 Å². The number of likely N-dealkylation sites (N-methyl/N-ethyl adjacent to an activating group) is 1. The summed E-state index contributed by atoms with van der Waals surface area (Å²) in [5, 5.41) is 0.510. The first-order chi connectivity index (χ1) is 11.6. The second-order valence-electron chi connectivity index (χ2n) is 5.94. The fraction of sp³-hybridized carbons (Fsp3) is 0.316. The maximum absolute atomic E-state index is 12.7. The molecule has 0 aliphatic carbocycles. The first kappa shape index (κ1) is 16.8. The molecular weight excluding hydrogens is 326 g/mol. The Kier molecular flexibility index (Phi) is 5.07.